The second kappa shape index (κ2) is 7.14. The Morgan fingerprint density at radius 2 is 1.81 bits per heavy atom. The van der Waals surface area contributed by atoms with Crippen molar-refractivity contribution in [2.24, 2.45) is 0 Å². The number of fused-ring (bicyclic) bond motifs is 1. The third kappa shape index (κ3) is 3.77. The Bertz CT molecular complexity index is 900. The van der Waals surface area contributed by atoms with E-state index in [9.17, 15) is 0 Å². The summed E-state index contributed by atoms with van der Waals surface area (Å²) in [6, 6.07) is 14.8. The predicted molar refractivity (Wildman–Crippen MR) is 109 cm³/mol. The molecule has 0 atom stereocenters. The molecule has 0 spiro atoms. The number of imidazole rings is 1. The molecule has 0 aliphatic heterocycles. The molecule has 0 radical (unpaired) electrons. The second-order valence-electron chi connectivity index (χ2n) is 8.37. The number of hydrogen-bond donors (Lipinski definition) is 0. The van der Waals surface area contributed by atoms with Gasteiger partial charge in [0.1, 0.15) is 18.2 Å². The minimum absolute atomic E-state index is 0.00848. The van der Waals surface area contributed by atoms with Crippen LogP contribution in [-0.2, 0) is 12.0 Å². The molecule has 26 heavy (non-hydrogen) atoms. The third-order valence-electron chi connectivity index (χ3n) is 4.69. The molecule has 0 bridgehead atoms. The first kappa shape index (κ1) is 18.5. The average molecular weight is 351 g/mol. The first-order chi connectivity index (χ1) is 12.3. The SMILES string of the molecule is Cc1ccc(C(C)C)c(OCCn2c(C(C)(C)C)nc3ccccc32)c1. The standard InChI is InChI=1S/C23H30N2O/c1-16(2)18-12-11-17(3)15-21(18)26-14-13-25-20-10-8-7-9-19(20)24-22(25)23(4,5)6/h7-12,15-16H,13-14H2,1-6H3. The maximum absolute atomic E-state index is 6.22. The largest absolute Gasteiger partial charge is 0.491 e. The molecule has 3 aromatic rings. The van der Waals surface area contributed by atoms with Crippen LogP contribution in [0.3, 0.4) is 0 Å². The van der Waals surface area contributed by atoms with Crippen LogP contribution in [0.4, 0.5) is 0 Å². The summed E-state index contributed by atoms with van der Waals surface area (Å²) in [5.74, 6) is 2.56. The molecular formula is C23H30N2O. The predicted octanol–water partition coefficient (Wildman–Crippen LogP) is 5.84. The fourth-order valence-corrected chi connectivity index (χ4v) is 3.36. The van der Waals surface area contributed by atoms with Crippen molar-refractivity contribution in [1.82, 2.24) is 9.55 Å². The normalized spacial score (nSPS) is 12.1. The molecule has 0 aliphatic rings. The van der Waals surface area contributed by atoms with Gasteiger partial charge in [0.2, 0.25) is 0 Å². The van der Waals surface area contributed by atoms with Gasteiger partial charge in [-0.25, -0.2) is 4.98 Å². The molecule has 0 saturated heterocycles. The zero-order valence-electron chi connectivity index (χ0n) is 16.8. The van der Waals surface area contributed by atoms with Gasteiger partial charge in [0.15, 0.2) is 0 Å². The van der Waals surface area contributed by atoms with Gasteiger partial charge in [0, 0.05) is 5.41 Å². The van der Waals surface area contributed by atoms with Gasteiger partial charge in [-0.1, -0.05) is 58.9 Å². The Morgan fingerprint density at radius 3 is 2.50 bits per heavy atom. The quantitative estimate of drug-likeness (QED) is 0.577. The minimum Gasteiger partial charge on any atom is -0.491 e. The van der Waals surface area contributed by atoms with Gasteiger partial charge in [-0.15, -0.1) is 0 Å². The maximum Gasteiger partial charge on any atom is 0.123 e. The van der Waals surface area contributed by atoms with Crippen molar-refractivity contribution in [3.8, 4) is 5.75 Å². The Morgan fingerprint density at radius 1 is 1.08 bits per heavy atom. The number of rotatable bonds is 5. The zero-order chi connectivity index (χ0) is 18.9. The number of para-hydroxylation sites is 2. The first-order valence-electron chi connectivity index (χ1n) is 9.46. The van der Waals surface area contributed by atoms with Gasteiger partial charge in [-0.05, 0) is 42.2 Å². The smallest absolute Gasteiger partial charge is 0.123 e. The van der Waals surface area contributed by atoms with Crippen LogP contribution in [-0.4, -0.2) is 16.2 Å². The van der Waals surface area contributed by atoms with Crippen molar-refractivity contribution < 1.29 is 4.74 Å². The van der Waals surface area contributed by atoms with Crippen molar-refractivity contribution in [2.45, 2.75) is 59.4 Å². The van der Waals surface area contributed by atoms with Crippen LogP contribution in [0.1, 0.15) is 57.5 Å². The van der Waals surface area contributed by atoms with E-state index in [4.69, 9.17) is 9.72 Å². The van der Waals surface area contributed by atoms with E-state index in [-0.39, 0.29) is 5.41 Å². The summed E-state index contributed by atoms with van der Waals surface area (Å²) in [6.45, 7) is 14.6. The number of aromatic nitrogens is 2. The highest BCUT2D eigenvalue weighted by atomic mass is 16.5. The van der Waals surface area contributed by atoms with Gasteiger partial charge < -0.3 is 9.30 Å². The Hall–Kier alpha value is -2.29. The number of hydrogen-bond acceptors (Lipinski definition) is 2. The van der Waals surface area contributed by atoms with Gasteiger partial charge >= 0.3 is 0 Å². The molecule has 0 aliphatic carbocycles. The molecule has 138 valence electrons. The zero-order valence-corrected chi connectivity index (χ0v) is 16.8. The van der Waals surface area contributed by atoms with Gasteiger partial charge in [-0.2, -0.15) is 0 Å². The number of aryl methyl sites for hydroxylation is 1. The van der Waals surface area contributed by atoms with Crippen LogP contribution in [0.25, 0.3) is 11.0 Å². The lowest BCUT2D eigenvalue weighted by Gasteiger charge is -2.21. The lowest BCUT2D eigenvalue weighted by Crippen LogP contribution is -2.21. The van der Waals surface area contributed by atoms with Crippen molar-refractivity contribution in [1.29, 1.82) is 0 Å². The highest BCUT2D eigenvalue weighted by Gasteiger charge is 2.22. The lowest BCUT2D eigenvalue weighted by atomic mass is 9.95. The molecule has 0 amide bonds. The van der Waals surface area contributed by atoms with Crippen LogP contribution >= 0.6 is 0 Å². The molecule has 3 heteroatoms. The van der Waals surface area contributed by atoms with E-state index in [1.54, 1.807) is 0 Å². The van der Waals surface area contributed by atoms with E-state index in [2.05, 4.69) is 82.5 Å². The third-order valence-corrected chi connectivity index (χ3v) is 4.69. The molecule has 0 fully saturated rings. The van der Waals surface area contributed by atoms with Crippen LogP contribution in [0, 0.1) is 6.92 Å². The fourth-order valence-electron chi connectivity index (χ4n) is 3.36. The van der Waals surface area contributed by atoms with E-state index < -0.39 is 0 Å². The monoisotopic (exact) mass is 350 g/mol. The Balaban J connectivity index is 1.86. The van der Waals surface area contributed by atoms with E-state index in [0.29, 0.717) is 12.5 Å². The van der Waals surface area contributed by atoms with Gasteiger partial charge in [0.05, 0.1) is 17.6 Å². The summed E-state index contributed by atoms with van der Waals surface area (Å²) in [6.07, 6.45) is 0. The van der Waals surface area contributed by atoms with E-state index >= 15 is 0 Å². The van der Waals surface area contributed by atoms with E-state index in [0.717, 1.165) is 23.6 Å². The summed E-state index contributed by atoms with van der Waals surface area (Å²) in [7, 11) is 0. The highest BCUT2D eigenvalue weighted by Crippen LogP contribution is 2.29. The van der Waals surface area contributed by atoms with Gasteiger partial charge in [-0.3, -0.25) is 0 Å². The van der Waals surface area contributed by atoms with Crippen molar-refractivity contribution in [2.75, 3.05) is 6.61 Å². The van der Waals surface area contributed by atoms with E-state index in [1.807, 2.05) is 6.07 Å². The summed E-state index contributed by atoms with van der Waals surface area (Å²) in [4.78, 5) is 4.88. The molecule has 3 nitrogen and oxygen atoms in total. The Labute approximate surface area is 157 Å². The summed E-state index contributed by atoms with van der Waals surface area (Å²) in [5.41, 5.74) is 4.71. The summed E-state index contributed by atoms with van der Waals surface area (Å²) < 4.78 is 8.53. The van der Waals surface area contributed by atoms with Crippen LogP contribution in [0.5, 0.6) is 5.75 Å². The molecule has 1 heterocycles. The van der Waals surface area contributed by atoms with Crippen LogP contribution < -0.4 is 4.74 Å². The first-order valence-corrected chi connectivity index (χ1v) is 9.46. The fraction of sp³-hybridized carbons (Fsp3) is 0.435. The highest BCUT2D eigenvalue weighted by molar-refractivity contribution is 5.76. The van der Waals surface area contributed by atoms with Crippen molar-refractivity contribution >= 4 is 11.0 Å². The van der Waals surface area contributed by atoms with Crippen LogP contribution in [0.2, 0.25) is 0 Å². The molecule has 0 saturated carbocycles. The Kier molecular flexibility index (Phi) is 5.08. The molecule has 0 unspecified atom stereocenters. The second-order valence-corrected chi connectivity index (χ2v) is 8.37. The lowest BCUT2D eigenvalue weighted by molar-refractivity contribution is 0.291. The average Bonchev–Trinajstić information content (AvgIpc) is 2.94. The summed E-state index contributed by atoms with van der Waals surface area (Å²) >= 11 is 0. The summed E-state index contributed by atoms with van der Waals surface area (Å²) in [5, 5.41) is 0. The topological polar surface area (TPSA) is 27.1 Å². The molecule has 0 N–H and O–H groups in total. The van der Waals surface area contributed by atoms with Gasteiger partial charge in [0.25, 0.3) is 0 Å². The number of nitrogens with zero attached hydrogens (tertiary/aromatic N) is 2. The van der Waals surface area contributed by atoms with Crippen LogP contribution in [0.15, 0.2) is 42.5 Å². The maximum atomic E-state index is 6.22. The van der Waals surface area contributed by atoms with E-state index in [1.165, 1.54) is 16.6 Å². The van der Waals surface area contributed by atoms with Crippen molar-refractivity contribution in [3.63, 3.8) is 0 Å². The molecule has 1 aromatic heterocycles. The van der Waals surface area contributed by atoms with Crippen molar-refractivity contribution in [3.05, 3.63) is 59.4 Å². The number of benzene rings is 2. The molecular weight excluding hydrogens is 320 g/mol. The molecule has 2 aromatic carbocycles. The molecule has 3 rings (SSSR count). The minimum atomic E-state index is -0.00848. The number of ether oxygens (including phenoxy) is 1.